The number of hydrogen-bond acceptors (Lipinski definition) is 11. The molecule has 4 aromatic carbocycles. The smallest absolute Gasteiger partial charge is 0.417 e. The lowest BCUT2D eigenvalue weighted by molar-refractivity contribution is 0.214. The van der Waals surface area contributed by atoms with Crippen LogP contribution in [0.15, 0.2) is 107 Å². The van der Waals surface area contributed by atoms with Gasteiger partial charge in [-0.05, 0) is 110 Å². The van der Waals surface area contributed by atoms with E-state index in [-0.39, 0.29) is 35.7 Å². The Hall–Kier alpha value is -6.31. The minimum Gasteiger partial charge on any atom is -0.497 e. The van der Waals surface area contributed by atoms with E-state index in [0.29, 0.717) is 36.1 Å². The fraction of sp³-hybridized carbons (Fsp3) is 0.243. The van der Waals surface area contributed by atoms with E-state index in [9.17, 15) is 14.0 Å². The Morgan fingerprint density at radius 1 is 0.667 bits per heavy atom. The zero-order chi connectivity index (χ0) is 36.0. The normalized spacial score (nSPS) is 15.9. The highest BCUT2D eigenvalue weighted by molar-refractivity contribution is 5.87. The minimum atomic E-state index is -0.632. The SMILES string of the molecule is COc1ccc(OC(=O)Nc2ccc(CC[C@H]3COC(N)=N3)cc2)cc1.NC1=N[C@@H](CCc2ccc(NC(=O)Oc3ccc(F)cc3)cc2)CO1. The Kier molecular flexibility index (Phi) is 12.6. The Labute approximate surface area is 294 Å². The molecule has 0 aromatic heterocycles. The van der Waals surface area contributed by atoms with Crippen LogP contribution in [0.5, 0.6) is 17.2 Å². The highest BCUT2D eigenvalue weighted by Crippen LogP contribution is 2.20. The third kappa shape index (κ3) is 12.0. The third-order valence-corrected chi connectivity index (χ3v) is 7.69. The van der Waals surface area contributed by atoms with Crippen molar-refractivity contribution < 1.29 is 37.7 Å². The molecule has 2 aliphatic rings. The fourth-order valence-electron chi connectivity index (χ4n) is 4.99. The van der Waals surface area contributed by atoms with Crippen LogP contribution in [0.25, 0.3) is 0 Å². The number of amides is 2. The predicted octanol–water partition coefficient (Wildman–Crippen LogP) is 6.03. The van der Waals surface area contributed by atoms with Crippen LogP contribution < -0.4 is 36.3 Å². The van der Waals surface area contributed by atoms with Crippen LogP contribution in [0, 0.1) is 5.82 Å². The molecule has 0 saturated heterocycles. The van der Waals surface area contributed by atoms with Crippen molar-refractivity contribution in [3.05, 3.63) is 114 Å². The summed E-state index contributed by atoms with van der Waals surface area (Å²) in [7, 11) is 1.58. The highest BCUT2D eigenvalue weighted by Gasteiger charge is 2.17. The molecule has 2 amide bonds. The summed E-state index contributed by atoms with van der Waals surface area (Å²) in [4.78, 5) is 32.1. The molecule has 0 spiro atoms. The van der Waals surface area contributed by atoms with Gasteiger partial charge in [0.25, 0.3) is 12.0 Å². The molecule has 2 aliphatic heterocycles. The molecule has 0 aliphatic carbocycles. The van der Waals surface area contributed by atoms with Crippen LogP contribution in [-0.2, 0) is 22.3 Å². The van der Waals surface area contributed by atoms with Crippen molar-refractivity contribution in [1.82, 2.24) is 0 Å². The van der Waals surface area contributed by atoms with Crippen molar-refractivity contribution in [1.29, 1.82) is 0 Å². The van der Waals surface area contributed by atoms with E-state index >= 15 is 0 Å². The Morgan fingerprint density at radius 2 is 1.06 bits per heavy atom. The molecule has 0 unspecified atom stereocenters. The van der Waals surface area contributed by atoms with Gasteiger partial charge in [-0.25, -0.2) is 24.0 Å². The number of ether oxygens (including phenoxy) is 5. The summed E-state index contributed by atoms with van der Waals surface area (Å²) < 4.78 is 38.4. The number of methoxy groups -OCH3 is 1. The van der Waals surface area contributed by atoms with Gasteiger partial charge >= 0.3 is 12.2 Å². The first-order valence-electron chi connectivity index (χ1n) is 16.2. The van der Waals surface area contributed by atoms with Gasteiger partial charge in [0.1, 0.15) is 36.3 Å². The van der Waals surface area contributed by atoms with Gasteiger partial charge in [0.2, 0.25) is 0 Å². The summed E-state index contributed by atoms with van der Waals surface area (Å²) in [5.41, 5.74) is 14.5. The monoisotopic (exact) mass is 698 g/mol. The molecule has 6 N–H and O–H groups in total. The number of nitrogens with one attached hydrogen (secondary N) is 2. The number of carbonyl (C=O) groups excluding carboxylic acids is 2. The summed E-state index contributed by atoms with van der Waals surface area (Å²) in [6.07, 6.45) is 2.24. The maximum Gasteiger partial charge on any atom is 0.417 e. The Bertz CT molecular complexity index is 1800. The van der Waals surface area contributed by atoms with Gasteiger partial charge in [-0.1, -0.05) is 24.3 Å². The molecule has 13 nitrogen and oxygen atoms in total. The second-order valence-electron chi connectivity index (χ2n) is 11.5. The number of aliphatic imine (C=N–C) groups is 2. The summed E-state index contributed by atoms with van der Waals surface area (Å²) in [6, 6.07) is 27.8. The predicted molar refractivity (Wildman–Crippen MR) is 191 cm³/mol. The number of amidine groups is 2. The van der Waals surface area contributed by atoms with E-state index in [1.54, 1.807) is 43.5 Å². The average Bonchev–Trinajstić information content (AvgIpc) is 3.76. The van der Waals surface area contributed by atoms with Gasteiger partial charge < -0.3 is 35.2 Å². The number of nitrogens with zero attached hydrogens (tertiary/aromatic N) is 2. The fourth-order valence-corrected chi connectivity index (χ4v) is 4.99. The highest BCUT2D eigenvalue weighted by atomic mass is 19.1. The topological polar surface area (TPSA) is 181 Å². The average molecular weight is 699 g/mol. The Balaban J connectivity index is 0.000000198. The van der Waals surface area contributed by atoms with E-state index < -0.39 is 12.2 Å². The lowest BCUT2D eigenvalue weighted by atomic mass is 10.1. The molecule has 14 heteroatoms. The first kappa shape index (κ1) is 36.0. The number of nitrogens with two attached hydrogens (primary N) is 2. The second-order valence-corrected chi connectivity index (χ2v) is 11.5. The number of aryl methyl sites for hydroxylation is 2. The number of anilines is 2. The van der Waals surface area contributed by atoms with Gasteiger partial charge in [0, 0.05) is 11.4 Å². The van der Waals surface area contributed by atoms with E-state index in [0.717, 1.165) is 36.8 Å². The number of hydrogen-bond donors (Lipinski definition) is 4. The molecule has 51 heavy (non-hydrogen) atoms. The maximum absolute atomic E-state index is 12.8. The number of halogens is 1. The van der Waals surface area contributed by atoms with Gasteiger partial charge in [-0.15, -0.1) is 0 Å². The molecule has 2 atom stereocenters. The standard InChI is InChI=1S/C19H21N3O4.C18H18FN3O3/c1-24-16-8-10-17(11-9-16)26-19(23)22-14-5-2-13(3-6-14)4-7-15-12-25-18(20)21-15;19-13-4-9-16(10-5-13)25-18(23)22-14-6-1-12(2-7-14)3-8-15-11-24-17(20)21-15/h2-3,5-6,8-11,15H,4,7,12H2,1H3,(H2,20,21)(H,22,23);1-2,4-7,9-10,15H,3,8,11H2,(H2,20,21)(H,22,23)/t2*15-/m00/s1. The maximum atomic E-state index is 12.8. The largest absolute Gasteiger partial charge is 0.497 e. The van der Waals surface area contributed by atoms with Gasteiger partial charge in [-0.2, -0.15) is 0 Å². The molecular formula is C37H39FN6O7. The summed E-state index contributed by atoms with van der Waals surface area (Å²) in [6.45, 7) is 1.07. The van der Waals surface area contributed by atoms with Crippen molar-refractivity contribution >= 4 is 35.6 Å². The minimum absolute atomic E-state index is 0.100. The van der Waals surface area contributed by atoms with E-state index in [1.165, 1.54) is 24.3 Å². The summed E-state index contributed by atoms with van der Waals surface area (Å²) >= 11 is 0. The van der Waals surface area contributed by atoms with Gasteiger partial charge in [0.05, 0.1) is 19.2 Å². The van der Waals surface area contributed by atoms with Crippen LogP contribution in [0.3, 0.4) is 0 Å². The van der Waals surface area contributed by atoms with Crippen molar-refractivity contribution in [2.24, 2.45) is 21.5 Å². The van der Waals surface area contributed by atoms with Gasteiger partial charge in [-0.3, -0.25) is 10.6 Å². The van der Waals surface area contributed by atoms with E-state index in [4.69, 9.17) is 35.2 Å². The van der Waals surface area contributed by atoms with Crippen molar-refractivity contribution in [3.8, 4) is 17.2 Å². The zero-order valence-corrected chi connectivity index (χ0v) is 27.9. The van der Waals surface area contributed by atoms with Crippen LogP contribution in [0.1, 0.15) is 24.0 Å². The van der Waals surface area contributed by atoms with Gasteiger partial charge in [0.15, 0.2) is 0 Å². The van der Waals surface area contributed by atoms with Crippen LogP contribution >= 0.6 is 0 Å². The number of benzene rings is 4. The summed E-state index contributed by atoms with van der Waals surface area (Å²) in [5.74, 6) is 1.03. The molecule has 0 saturated carbocycles. The molecule has 0 fully saturated rings. The molecule has 0 bridgehead atoms. The number of rotatable bonds is 11. The second kappa shape index (κ2) is 17.9. The first-order valence-corrected chi connectivity index (χ1v) is 16.2. The number of carbonyl (C=O) groups is 2. The van der Waals surface area contributed by atoms with Crippen LogP contribution in [0.2, 0.25) is 0 Å². The third-order valence-electron chi connectivity index (χ3n) is 7.69. The van der Waals surface area contributed by atoms with E-state index in [1.807, 2.05) is 36.4 Å². The molecule has 4 aromatic rings. The first-order chi connectivity index (χ1) is 24.7. The van der Waals surface area contributed by atoms with Crippen molar-refractivity contribution in [3.63, 3.8) is 0 Å². The molecule has 266 valence electrons. The molecular weight excluding hydrogens is 659 g/mol. The Morgan fingerprint density at radius 3 is 1.43 bits per heavy atom. The quantitative estimate of drug-likeness (QED) is 0.145. The van der Waals surface area contributed by atoms with E-state index in [2.05, 4.69) is 20.6 Å². The molecule has 6 rings (SSSR count). The van der Waals surface area contributed by atoms with Crippen LogP contribution in [-0.4, -0.2) is 56.6 Å². The van der Waals surface area contributed by atoms with Crippen molar-refractivity contribution in [2.45, 2.75) is 37.8 Å². The van der Waals surface area contributed by atoms with Crippen LogP contribution in [0.4, 0.5) is 25.4 Å². The molecule has 0 radical (unpaired) electrons. The molecule has 2 heterocycles. The lowest BCUT2D eigenvalue weighted by Gasteiger charge is -2.09. The zero-order valence-electron chi connectivity index (χ0n) is 27.9. The summed E-state index contributed by atoms with van der Waals surface area (Å²) in [5, 5.41) is 5.32. The lowest BCUT2D eigenvalue weighted by Crippen LogP contribution is -2.16. The van der Waals surface area contributed by atoms with Crippen molar-refractivity contribution in [2.75, 3.05) is 31.0 Å².